The molecule has 41 heavy (non-hydrogen) atoms. The van der Waals surface area contributed by atoms with Gasteiger partial charge in [-0.05, 0) is 57.0 Å². The molecule has 0 bridgehead atoms. The number of hydrogen-bond donors (Lipinski definition) is 0. The second-order valence-electron chi connectivity index (χ2n) is 10.0. The van der Waals surface area contributed by atoms with Crippen molar-refractivity contribution in [2.24, 2.45) is 4.99 Å². The van der Waals surface area contributed by atoms with Crippen LogP contribution in [0.1, 0.15) is 5.56 Å². The van der Waals surface area contributed by atoms with E-state index in [1.54, 1.807) is 0 Å². The number of nitrogens with zero attached hydrogens (tertiary/aromatic N) is 1. The Balaban J connectivity index is 1.58. The van der Waals surface area contributed by atoms with Crippen molar-refractivity contribution in [3.05, 3.63) is 169 Å². The smallest absolute Gasteiger partial charge is 0.0715 e. The van der Waals surface area contributed by atoms with Gasteiger partial charge in [0.1, 0.15) is 0 Å². The fraction of sp³-hybridized carbons (Fsp3) is 0. The summed E-state index contributed by atoms with van der Waals surface area (Å²) in [7, 11) is -0.836. The molecule has 0 heterocycles. The Kier molecular flexibility index (Phi) is 6.95. The van der Waals surface area contributed by atoms with E-state index in [2.05, 4.69) is 158 Å². The van der Waals surface area contributed by atoms with Gasteiger partial charge in [-0.3, -0.25) is 4.99 Å². The Hall–Kier alpha value is -4.84. The Bertz CT molecular complexity index is 1940. The van der Waals surface area contributed by atoms with Crippen LogP contribution in [0.5, 0.6) is 0 Å². The van der Waals surface area contributed by atoms with Crippen molar-refractivity contribution in [2.45, 2.75) is 0 Å². The van der Waals surface area contributed by atoms with Crippen LogP contribution in [-0.4, -0.2) is 6.21 Å². The molecule has 0 saturated heterocycles. The van der Waals surface area contributed by atoms with Gasteiger partial charge in [-0.15, -0.1) is 0 Å². The maximum Gasteiger partial charge on any atom is 0.0715 e. The van der Waals surface area contributed by atoms with E-state index in [4.69, 9.17) is 4.99 Å². The maximum atomic E-state index is 5.14. The number of aliphatic imine (C=N–C) groups is 1. The molecule has 7 aromatic carbocycles. The zero-order valence-electron chi connectivity index (χ0n) is 22.6. The van der Waals surface area contributed by atoms with E-state index in [1.807, 2.05) is 12.3 Å². The molecule has 194 valence electrons. The van der Waals surface area contributed by atoms with Crippen LogP contribution in [0.4, 0.5) is 5.69 Å². The molecule has 7 rings (SSSR count). The summed E-state index contributed by atoms with van der Waals surface area (Å²) in [6.45, 7) is 0. The molecule has 0 atom stereocenters. The van der Waals surface area contributed by atoms with Gasteiger partial charge in [0, 0.05) is 17.3 Å². The van der Waals surface area contributed by atoms with Gasteiger partial charge in [-0.25, -0.2) is 0 Å². The van der Waals surface area contributed by atoms with Gasteiger partial charge in [0.25, 0.3) is 0 Å². The fourth-order valence-electron chi connectivity index (χ4n) is 5.60. The summed E-state index contributed by atoms with van der Waals surface area (Å²) in [5, 5.41) is 8.90. The van der Waals surface area contributed by atoms with E-state index in [-0.39, 0.29) is 0 Å². The van der Waals surface area contributed by atoms with Crippen LogP contribution in [0.25, 0.3) is 32.7 Å². The first kappa shape index (κ1) is 25.1. The van der Waals surface area contributed by atoms with E-state index in [9.17, 15) is 0 Å². The number of benzene rings is 7. The Morgan fingerprint density at radius 2 is 0.902 bits per heavy atom. The molecular weight excluding hydrogens is 513 g/mol. The highest BCUT2D eigenvalue weighted by molar-refractivity contribution is 7.80. The summed E-state index contributed by atoms with van der Waals surface area (Å²) in [5.74, 6) is 0. The standard InChI is InChI=1S/C39H28NP/c1-4-14-29(15-5-1)28-40-36-26-24-30-16-10-12-22-34(30)38(36)39-35-23-13-11-17-31(35)25-27-37(39)41(32-18-6-2-7-19-32)33-20-8-3-9-21-33/h1-28H. The molecule has 0 radical (unpaired) electrons. The number of rotatable bonds is 6. The molecule has 0 spiro atoms. The third-order valence-electron chi connectivity index (χ3n) is 7.49. The zero-order chi connectivity index (χ0) is 27.4. The quantitative estimate of drug-likeness (QED) is 0.147. The second kappa shape index (κ2) is 11.3. The third-order valence-corrected chi connectivity index (χ3v) is 9.97. The molecule has 1 nitrogen and oxygen atoms in total. The topological polar surface area (TPSA) is 12.4 Å². The first-order valence-electron chi connectivity index (χ1n) is 13.9. The van der Waals surface area contributed by atoms with Crippen LogP contribution < -0.4 is 15.9 Å². The minimum Gasteiger partial charge on any atom is -0.256 e. The van der Waals surface area contributed by atoms with Crippen LogP contribution >= 0.6 is 7.92 Å². The van der Waals surface area contributed by atoms with Crippen molar-refractivity contribution in [1.29, 1.82) is 0 Å². The molecule has 0 N–H and O–H groups in total. The van der Waals surface area contributed by atoms with Crippen molar-refractivity contribution < 1.29 is 0 Å². The van der Waals surface area contributed by atoms with Gasteiger partial charge < -0.3 is 0 Å². The van der Waals surface area contributed by atoms with E-state index < -0.39 is 7.92 Å². The highest BCUT2D eigenvalue weighted by Gasteiger charge is 2.24. The second-order valence-corrected chi connectivity index (χ2v) is 12.2. The number of hydrogen-bond acceptors (Lipinski definition) is 1. The molecule has 0 aromatic heterocycles. The first-order chi connectivity index (χ1) is 20.4. The highest BCUT2D eigenvalue weighted by atomic mass is 31.1. The van der Waals surface area contributed by atoms with E-state index in [0.717, 1.165) is 11.3 Å². The minimum absolute atomic E-state index is 0.836. The number of fused-ring (bicyclic) bond motifs is 2. The molecule has 0 fully saturated rings. The highest BCUT2D eigenvalue weighted by Crippen LogP contribution is 2.45. The lowest BCUT2D eigenvalue weighted by atomic mass is 9.92. The Labute approximate surface area is 242 Å². The van der Waals surface area contributed by atoms with E-state index in [1.165, 1.54) is 48.6 Å². The monoisotopic (exact) mass is 541 g/mol. The van der Waals surface area contributed by atoms with Crippen molar-refractivity contribution in [3.8, 4) is 11.1 Å². The van der Waals surface area contributed by atoms with Crippen LogP contribution in [-0.2, 0) is 0 Å². The van der Waals surface area contributed by atoms with Gasteiger partial charge in [0.15, 0.2) is 0 Å². The molecular formula is C39H28NP. The molecule has 0 aliphatic carbocycles. The predicted octanol–water partition coefficient (Wildman–Crippen LogP) is 9.17. The summed E-state index contributed by atoms with van der Waals surface area (Å²) in [4.78, 5) is 5.14. The van der Waals surface area contributed by atoms with Crippen LogP contribution in [0.3, 0.4) is 0 Å². The molecule has 7 aromatic rings. The summed E-state index contributed by atoms with van der Waals surface area (Å²) in [6, 6.07) is 58.7. The van der Waals surface area contributed by atoms with Crippen LogP contribution in [0, 0.1) is 0 Å². The van der Waals surface area contributed by atoms with Gasteiger partial charge in [0.2, 0.25) is 0 Å². The van der Waals surface area contributed by atoms with E-state index in [0.29, 0.717) is 0 Å². The SMILES string of the molecule is C(=Nc1ccc2ccccc2c1-c1c(P(c2ccccc2)c2ccccc2)ccc2ccccc12)c1ccccc1. The Morgan fingerprint density at radius 3 is 1.51 bits per heavy atom. The molecule has 0 unspecified atom stereocenters. The summed E-state index contributed by atoms with van der Waals surface area (Å²) in [5.41, 5.74) is 4.50. The van der Waals surface area contributed by atoms with Gasteiger partial charge in [-0.2, -0.15) is 0 Å². The third kappa shape index (κ3) is 4.97. The van der Waals surface area contributed by atoms with Gasteiger partial charge >= 0.3 is 0 Å². The minimum atomic E-state index is -0.836. The first-order valence-corrected chi connectivity index (χ1v) is 15.2. The lowest BCUT2D eigenvalue weighted by molar-refractivity contribution is 1.54. The molecule has 0 amide bonds. The average Bonchev–Trinajstić information content (AvgIpc) is 3.05. The zero-order valence-corrected chi connectivity index (χ0v) is 23.5. The van der Waals surface area contributed by atoms with Crippen molar-refractivity contribution in [2.75, 3.05) is 0 Å². The van der Waals surface area contributed by atoms with Crippen LogP contribution in [0.15, 0.2) is 169 Å². The molecule has 0 saturated carbocycles. The van der Waals surface area contributed by atoms with Crippen molar-refractivity contribution >= 4 is 57.3 Å². The summed E-state index contributed by atoms with van der Waals surface area (Å²) < 4.78 is 0. The lowest BCUT2D eigenvalue weighted by Crippen LogP contribution is -2.22. The van der Waals surface area contributed by atoms with Crippen molar-refractivity contribution in [3.63, 3.8) is 0 Å². The molecule has 0 aliphatic rings. The van der Waals surface area contributed by atoms with E-state index >= 15 is 0 Å². The normalized spacial score (nSPS) is 11.5. The predicted molar refractivity (Wildman–Crippen MR) is 179 cm³/mol. The average molecular weight is 542 g/mol. The Morgan fingerprint density at radius 1 is 0.415 bits per heavy atom. The molecule has 2 heteroatoms. The van der Waals surface area contributed by atoms with Crippen molar-refractivity contribution in [1.82, 2.24) is 0 Å². The largest absolute Gasteiger partial charge is 0.256 e. The summed E-state index contributed by atoms with van der Waals surface area (Å²) >= 11 is 0. The fourth-order valence-corrected chi connectivity index (χ4v) is 8.08. The lowest BCUT2D eigenvalue weighted by Gasteiger charge is -2.25. The van der Waals surface area contributed by atoms with Crippen LogP contribution in [0.2, 0.25) is 0 Å². The molecule has 0 aliphatic heterocycles. The maximum absolute atomic E-state index is 5.14. The van der Waals surface area contributed by atoms with Gasteiger partial charge in [-0.1, -0.05) is 158 Å². The summed E-state index contributed by atoms with van der Waals surface area (Å²) in [6.07, 6.45) is 1.98. The van der Waals surface area contributed by atoms with Gasteiger partial charge in [0.05, 0.1) is 5.69 Å².